The summed E-state index contributed by atoms with van der Waals surface area (Å²) in [4.78, 5) is 7.16. The molecule has 0 aliphatic carbocycles. The zero-order chi connectivity index (χ0) is 12.9. The molecule has 0 saturated carbocycles. The van der Waals surface area contributed by atoms with Crippen LogP contribution >= 0.6 is 0 Å². The van der Waals surface area contributed by atoms with E-state index in [4.69, 9.17) is 0 Å². The van der Waals surface area contributed by atoms with E-state index < -0.39 is 0 Å². The number of H-pyrrole nitrogens is 1. The van der Waals surface area contributed by atoms with Crippen LogP contribution in [0.3, 0.4) is 0 Å². The lowest BCUT2D eigenvalue weighted by molar-refractivity contribution is 0.390. The molecule has 1 aromatic carbocycles. The SMILES string of the molecule is c1ncc(-c2ccc(NCC3CCNCC3)cc2)[nH]1. The Balaban J connectivity index is 1.57. The quantitative estimate of drug-likeness (QED) is 0.787. The van der Waals surface area contributed by atoms with Gasteiger partial charge in [-0.15, -0.1) is 0 Å². The van der Waals surface area contributed by atoms with Gasteiger partial charge in [-0.1, -0.05) is 12.1 Å². The van der Waals surface area contributed by atoms with Crippen molar-refractivity contribution >= 4 is 5.69 Å². The van der Waals surface area contributed by atoms with Gasteiger partial charge in [0.25, 0.3) is 0 Å². The molecule has 0 bridgehead atoms. The highest BCUT2D eigenvalue weighted by Gasteiger charge is 2.12. The zero-order valence-electron chi connectivity index (χ0n) is 11.0. The van der Waals surface area contributed by atoms with E-state index in [2.05, 4.69) is 44.9 Å². The Kier molecular flexibility index (Phi) is 3.79. The minimum Gasteiger partial charge on any atom is -0.385 e. The smallest absolute Gasteiger partial charge is 0.0924 e. The molecule has 0 spiro atoms. The van der Waals surface area contributed by atoms with Crippen molar-refractivity contribution in [3.8, 4) is 11.3 Å². The van der Waals surface area contributed by atoms with Crippen molar-refractivity contribution in [3.05, 3.63) is 36.8 Å². The molecule has 0 radical (unpaired) electrons. The topological polar surface area (TPSA) is 52.7 Å². The monoisotopic (exact) mass is 256 g/mol. The molecule has 0 atom stereocenters. The second-order valence-electron chi connectivity index (χ2n) is 5.12. The molecule has 3 rings (SSSR count). The molecule has 1 aliphatic heterocycles. The van der Waals surface area contributed by atoms with Crippen LogP contribution in [-0.4, -0.2) is 29.6 Å². The summed E-state index contributed by atoms with van der Waals surface area (Å²) in [5, 5.41) is 6.93. The predicted octanol–water partition coefficient (Wildman–Crippen LogP) is 2.49. The molecule has 2 aromatic rings. The van der Waals surface area contributed by atoms with Crippen molar-refractivity contribution in [1.29, 1.82) is 0 Å². The third-order valence-electron chi connectivity index (χ3n) is 3.75. The van der Waals surface area contributed by atoms with Crippen molar-refractivity contribution in [2.24, 2.45) is 5.92 Å². The number of aromatic amines is 1. The normalized spacial score (nSPS) is 16.4. The summed E-state index contributed by atoms with van der Waals surface area (Å²) in [6.45, 7) is 3.39. The first-order chi connectivity index (χ1) is 9.42. The Morgan fingerprint density at radius 2 is 1.95 bits per heavy atom. The highest BCUT2D eigenvalue weighted by Crippen LogP contribution is 2.19. The second-order valence-corrected chi connectivity index (χ2v) is 5.12. The van der Waals surface area contributed by atoms with Crippen LogP contribution < -0.4 is 10.6 Å². The summed E-state index contributed by atoms with van der Waals surface area (Å²) in [5.41, 5.74) is 3.43. The second kappa shape index (κ2) is 5.89. The highest BCUT2D eigenvalue weighted by atomic mass is 14.9. The molecule has 4 heteroatoms. The molecule has 1 saturated heterocycles. The van der Waals surface area contributed by atoms with Gasteiger partial charge in [0.15, 0.2) is 0 Å². The maximum Gasteiger partial charge on any atom is 0.0924 e. The van der Waals surface area contributed by atoms with E-state index in [9.17, 15) is 0 Å². The average molecular weight is 256 g/mol. The number of rotatable bonds is 4. The fraction of sp³-hybridized carbons (Fsp3) is 0.400. The van der Waals surface area contributed by atoms with Gasteiger partial charge in [-0.2, -0.15) is 0 Å². The number of anilines is 1. The Labute approximate surface area is 113 Å². The van der Waals surface area contributed by atoms with Crippen molar-refractivity contribution in [3.63, 3.8) is 0 Å². The Hall–Kier alpha value is -1.81. The van der Waals surface area contributed by atoms with Crippen molar-refractivity contribution in [1.82, 2.24) is 15.3 Å². The Morgan fingerprint density at radius 1 is 1.16 bits per heavy atom. The highest BCUT2D eigenvalue weighted by molar-refractivity contribution is 5.61. The van der Waals surface area contributed by atoms with Gasteiger partial charge in [0.2, 0.25) is 0 Å². The molecule has 1 aromatic heterocycles. The van der Waals surface area contributed by atoms with Gasteiger partial charge in [-0.25, -0.2) is 4.98 Å². The first kappa shape index (κ1) is 12.2. The van der Waals surface area contributed by atoms with Gasteiger partial charge in [0, 0.05) is 12.2 Å². The number of imidazole rings is 1. The summed E-state index contributed by atoms with van der Waals surface area (Å²) < 4.78 is 0. The predicted molar refractivity (Wildman–Crippen MR) is 78.1 cm³/mol. The fourth-order valence-corrected chi connectivity index (χ4v) is 2.53. The van der Waals surface area contributed by atoms with Gasteiger partial charge in [0.1, 0.15) is 0 Å². The Bertz CT molecular complexity index is 483. The first-order valence-corrected chi connectivity index (χ1v) is 6.95. The molecule has 3 N–H and O–H groups in total. The summed E-state index contributed by atoms with van der Waals surface area (Å²) in [6.07, 6.45) is 6.11. The molecule has 19 heavy (non-hydrogen) atoms. The van der Waals surface area contributed by atoms with E-state index in [0.717, 1.165) is 31.2 Å². The van der Waals surface area contributed by atoms with E-state index in [1.165, 1.54) is 24.1 Å². The van der Waals surface area contributed by atoms with E-state index in [1.54, 1.807) is 6.33 Å². The first-order valence-electron chi connectivity index (χ1n) is 6.95. The van der Waals surface area contributed by atoms with E-state index in [0.29, 0.717) is 0 Å². The van der Waals surface area contributed by atoms with Crippen LogP contribution in [0.5, 0.6) is 0 Å². The third kappa shape index (κ3) is 3.15. The lowest BCUT2D eigenvalue weighted by Crippen LogP contribution is -2.31. The van der Waals surface area contributed by atoms with Crippen LogP contribution in [0.1, 0.15) is 12.8 Å². The Morgan fingerprint density at radius 3 is 2.63 bits per heavy atom. The van der Waals surface area contributed by atoms with Crippen molar-refractivity contribution in [2.45, 2.75) is 12.8 Å². The summed E-state index contributed by atoms with van der Waals surface area (Å²) in [7, 11) is 0. The van der Waals surface area contributed by atoms with Crippen LogP contribution in [0.4, 0.5) is 5.69 Å². The zero-order valence-corrected chi connectivity index (χ0v) is 11.0. The standard InChI is InChI=1S/C15H20N4/c1-3-14(18-9-12-5-7-16-8-6-12)4-2-13(1)15-10-17-11-19-15/h1-4,10-12,16,18H,5-9H2,(H,17,19). The minimum atomic E-state index is 0.800. The third-order valence-corrected chi connectivity index (χ3v) is 3.75. The molecule has 4 nitrogen and oxygen atoms in total. The molecule has 1 aliphatic rings. The van der Waals surface area contributed by atoms with Gasteiger partial charge < -0.3 is 15.6 Å². The van der Waals surface area contributed by atoms with Crippen molar-refractivity contribution < 1.29 is 0 Å². The van der Waals surface area contributed by atoms with E-state index >= 15 is 0 Å². The number of benzene rings is 1. The van der Waals surface area contributed by atoms with Crippen molar-refractivity contribution in [2.75, 3.05) is 25.0 Å². The molecular weight excluding hydrogens is 236 g/mol. The largest absolute Gasteiger partial charge is 0.385 e. The van der Waals surface area contributed by atoms with Gasteiger partial charge in [-0.3, -0.25) is 0 Å². The molecule has 100 valence electrons. The number of hydrogen-bond acceptors (Lipinski definition) is 3. The van der Waals surface area contributed by atoms with Gasteiger partial charge in [-0.05, 0) is 49.5 Å². The van der Waals surface area contributed by atoms with Crippen LogP contribution in [0.2, 0.25) is 0 Å². The number of nitrogens with zero attached hydrogens (tertiary/aromatic N) is 1. The summed E-state index contributed by atoms with van der Waals surface area (Å²) in [5.74, 6) is 0.800. The average Bonchev–Trinajstić information content (AvgIpc) is 3.01. The maximum atomic E-state index is 4.04. The molecule has 1 fully saturated rings. The van der Waals surface area contributed by atoms with Crippen LogP contribution in [-0.2, 0) is 0 Å². The van der Waals surface area contributed by atoms with Crippen LogP contribution in [0.25, 0.3) is 11.3 Å². The fourth-order valence-electron chi connectivity index (χ4n) is 2.53. The molecule has 2 heterocycles. The maximum absolute atomic E-state index is 4.04. The molecule has 0 unspecified atom stereocenters. The van der Waals surface area contributed by atoms with Crippen LogP contribution in [0, 0.1) is 5.92 Å². The van der Waals surface area contributed by atoms with E-state index in [-0.39, 0.29) is 0 Å². The van der Waals surface area contributed by atoms with Gasteiger partial charge >= 0.3 is 0 Å². The lowest BCUT2D eigenvalue weighted by atomic mass is 9.98. The lowest BCUT2D eigenvalue weighted by Gasteiger charge is -2.23. The van der Waals surface area contributed by atoms with E-state index in [1.807, 2.05) is 6.20 Å². The number of hydrogen-bond donors (Lipinski definition) is 3. The summed E-state index contributed by atoms with van der Waals surface area (Å²) in [6, 6.07) is 8.52. The number of nitrogens with one attached hydrogen (secondary N) is 3. The molecule has 0 amide bonds. The number of piperidine rings is 1. The van der Waals surface area contributed by atoms with Gasteiger partial charge in [0.05, 0.1) is 18.2 Å². The van der Waals surface area contributed by atoms with Crippen LogP contribution in [0.15, 0.2) is 36.8 Å². The number of aromatic nitrogens is 2. The minimum absolute atomic E-state index is 0.800. The molecular formula is C15H20N4. The summed E-state index contributed by atoms with van der Waals surface area (Å²) >= 11 is 0.